The van der Waals surface area contributed by atoms with Gasteiger partial charge in [-0.2, -0.15) is 0 Å². The number of carbonyl (C=O) groups excluding carboxylic acids is 1. The number of carbonyl (C=O) groups is 1. The van der Waals surface area contributed by atoms with Crippen molar-refractivity contribution < 1.29 is 14.3 Å². The average molecular weight is 273 g/mol. The maximum absolute atomic E-state index is 12.1. The predicted octanol–water partition coefficient (Wildman–Crippen LogP) is 1.93. The van der Waals surface area contributed by atoms with Crippen LogP contribution in [0.1, 0.15) is 10.4 Å². The summed E-state index contributed by atoms with van der Waals surface area (Å²) in [6.45, 7) is 0. The zero-order chi connectivity index (χ0) is 14.5. The number of hydrogen-bond acceptors (Lipinski definition) is 5. The maximum atomic E-state index is 12.1. The van der Waals surface area contributed by atoms with Crippen LogP contribution in [0.25, 0.3) is 0 Å². The molecule has 0 aliphatic carbocycles. The van der Waals surface area contributed by atoms with Crippen molar-refractivity contribution in [1.29, 1.82) is 0 Å². The van der Waals surface area contributed by atoms with Crippen molar-refractivity contribution in [2.24, 2.45) is 0 Å². The van der Waals surface area contributed by atoms with Gasteiger partial charge in [-0.05, 0) is 24.3 Å². The number of anilines is 2. The van der Waals surface area contributed by atoms with Crippen molar-refractivity contribution in [2.45, 2.75) is 0 Å². The molecule has 1 aromatic carbocycles. The third-order valence-corrected chi connectivity index (χ3v) is 2.64. The number of nitrogens with two attached hydrogens (primary N) is 1. The van der Waals surface area contributed by atoms with Gasteiger partial charge >= 0.3 is 0 Å². The smallest absolute Gasteiger partial charge is 0.257 e. The van der Waals surface area contributed by atoms with E-state index in [0.717, 1.165) is 0 Å². The van der Waals surface area contributed by atoms with Crippen LogP contribution in [0.3, 0.4) is 0 Å². The molecule has 0 unspecified atom stereocenters. The molecule has 2 aromatic rings. The Morgan fingerprint density at radius 3 is 2.30 bits per heavy atom. The summed E-state index contributed by atoms with van der Waals surface area (Å²) in [6, 6.07) is 8.22. The van der Waals surface area contributed by atoms with E-state index in [2.05, 4.69) is 10.3 Å². The minimum Gasteiger partial charge on any atom is -0.497 e. The van der Waals surface area contributed by atoms with Gasteiger partial charge in [0.15, 0.2) is 0 Å². The zero-order valence-electron chi connectivity index (χ0n) is 11.2. The molecule has 6 heteroatoms. The molecule has 6 nitrogen and oxygen atoms in total. The van der Waals surface area contributed by atoms with Crippen molar-refractivity contribution in [3.63, 3.8) is 0 Å². The van der Waals surface area contributed by atoms with Gasteiger partial charge in [-0.25, -0.2) is 4.98 Å². The second-order valence-electron chi connectivity index (χ2n) is 4.03. The van der Waals surface area contributed by atoms with Crippen LogP contribution < -0.4 is 20.5 Å². The van der Waals surface area contributed by atoms with Crippen LogP contribution >= 0.6 is 0 Å². The van der Waals surface area contributed by atoms with E-state index in [1.807, 2.05) is 0 Å². The Bertz CT molecular complexity index is 589. The molecule has 0 aliphatic heterocycles. The normalized spacial score (nSPS) is 9.90. The van der Waals surface area contributed by atoms with E-state index in [1.54, 1.807) is 30.3 Å². The molecule has 0 spiro atoms. The molecule has 104 valence electrons. The molecule has 0 aliphatic rings. The first-order valence-corrected chi connectivity index (χ1v) is 5.88. The number of methoxy groups -OCH3 is 2. The van der Waals surface area contributed by atoms with Crippen LogP contribution in [0.15, 0.2) is 36.5 Å². The van der Waals surface area contributed by atoms with Crippen molar-refractivity contribution in [1.82, 2.24) is 4.98 Å². The summed E-state index contributed by atoms with van der Waals surface area (Å²) in [7, 11) is 3.05. The first-order chi connectivity index (χ1) is 9.62. The minimum absolute atomic E-state index is 0.306. The quantitative estimate of drug-likeness (QED) is 0.889. The summed E-state index contributed by atoms with van der Waals surface area (Å²) >= 11 is 0. The summed E-state index contributed by atoms with van der Waals surface area (Å²) in [6.07, 6.45) is 1.47. The van der Waals surface area contributed by atoms with Gasteiger partial charge in [0.25, 0.3) is 5.91 Å². The second kappa shape index (κ2) is 5.92. The number of hydrogen-bond donors (Lipinski definition) is 2. The molecule has 20 heavy (non-hydrogen) atoms. The lowest BCUT2D eigenvalue weighted by Gasteiger charge is -2.09. The van der Waals surface area contributed by atoms with E-state index >= 15 is 0 Å². The summed E-state index contributed by atoms with van der Waals surface area (Å²) in [5.41, 5.74) is 6.49. The Morgan fingerprint density at radius 2 is 1.80 bits per heavy atom. The van der Waals surface area contributed by atoms with E-state index in [4.69, 9.17) is 15.2 Å². The second-order valence-corrected chi connectivity index (χ2v) is 4.03. The lowest BCUT2D eigenvalue weighted by Crippen LogP contribution is -2.13. The molecule has 2 rings (SSSR count). The summed E-state index contributed by atoms with van der Waals surface area (Å²) in [5, 5.41) is 2.67. The molecule has 1 aromatic heterocycles. The largest absolute Gasteiger partial charge is 0.497 e. The number of aromatic nitrogens is 1. The highest BCUT2D eigenvalue weighted by atomic mass is 16.5. The molecule has 0 atom stereocenters. The van der Waals surface area contributed by atoms with E-state index in [9.17, 15) is 4.79 Å². The van der Waals surface area contributed by atoms with Crippen molar-refractivity contribution in [3.8, 4) is 11.5 Å². The van der Waals surface area contributed by atoms with E-state index in [0.29, 0.717) is 28.6 Å². The molecular weight excluding hydrogens is 258 g/mol. The van der Waals surface area contributed by atoms with Crippen LogP contribution in [0.2, 0.25) is 0 Å². The minimum atomic E-state index is -0.306. The van der Waals surface area contributed by atoms with Crippen LogP contribution in [-0.2, 0) is 0 Å². The molecule has 0 bridgehead atoms. The monoisotopic (exact) mass is 273 g/mol. The first kappa shape index (κ1) is 13.7. The molecule has 1 amide bonds. The molecule has 3 N–H and O–H groups in total. The van der Waals surface area contributed by atoms with E-state index in [-0.39, 0.29) is 5.91 Å². The van der Waals surface area contributed by atoms with Crippen molar-refractivity contribution in [3.05, 3.63) is 42.1 Å². The fourth-order valence-corrected chi connectivity index (χ4v) is 1.61. The Morgan fingerprint density at radius 1 is 1.15 bits per heavy atom. The van der Waals surface area contributed by atoms with Crippen LogP contribution in [-0.4, -0.2) is 25.1 Å². The van der Waals surface area contributed by atoms with Gasteiger partial charge in [0.1, 0.15) is 17.3 Å². The van der Waals surface area contributed by atoms with Crippen LogP contribution in [0.5, 0.6) is 11.5 Å². The predicted molar refractivity (Wildman–Crippen MR) is 76.1 cm³/mol. The van der Waals surface area contributed by atoms with Crippen molar-refractivity contribution >= 4 is 17.4 Å². The van der Waals surface area contributed by atoms with Gasteiger partial charge in [0.2, 0.25) is 0 Å². The molecule has 0 fully saturated rings. The van der Waals surface area contributed by atoms with Gasteiger partial charge in [-0.1, -0.05) is 0 Å². The standard InChI is InChI=1S/C14H15N3O3/c1-19-11-5-9(6-12(7-11)20-2)14(18)17-13-4-3-10(15)8-16-13/h3-8H,15H2,1-2H3,(H,16,17,18). The number of rotatable bonds is 4. The fraction of sp³-hybridized carbons (Fsp3) is 0.143. The van der Waals surface area contributed by atoms with Crippen LogP contribution in [0.4, 0.5) is 11.5 Å². The Hall–Kier alpha value is -2.76. The molecule has 0 saturated heterocycles. The van der Waals surface area contributed by atoms with Gasteiger partial charge in [0, 0.05) is 11.6 Å². The van der Waals surface area contributed by atoms with E-state index < -0.39 is 0 Å². The highest BCUT2D eigenvalue weighted by Crippen LogP contribution is 2.23. The Balaban J connectivity index is 2.22. The van der Waals surface area contributed by atoms with Gasteiger partial charge in [0.05, 0.1) is 26.1 Å². The third-order valence-electron chi connectivity index (χ3n) is 2.64. The lowest BCUT2D eigenvalue weighted by atomic mass is 10.2. The molecule has 0 saturated carbocycles. The number of ether oxygens (including phenoxy) is 2. The van der Waals surface area contributed by atoms with Crippen molar-refractivity contribution in [2.75, 3.05) is 25.3 Å². The summed E-state index contributed by atoms with van der Waals surface area (Å²) in [5.74, 6) is 1.20. The number of pyridine rings is 1. The highest BCUT2D eigenvalue weighted by Gasteiger charge is 2.10. The Kier molecular flexibility index (Phi) is 4.05. The summed E-state index contributed by atoms with van der Waals surface area (Å²) in [4.78, 5) is 16.2. The van der Waals surface area contributed by atoms with E-state index in [1.165, 1.54) is 20.4 Å². The number of nitrogen functional groups attached to an aromatic ring is 1. The molecule has 0 radical (unpaired) electrons. The maximum Gasteiger partial charge on any atom is 0.257 e. The zero-order valence-corrected chi connectivity index (χ0v) is 11.2. The number of benzene rings is 1. The molecule has 1 heterocycles. The lowest BCUT2D eigenvalue weighted by molar-refractivity contribution is 0.102. The van der Waals surface area contributed by atoms with Gasteiger partial charge in [-0.3, -0.25) is 4.79 Å². The number of nitrogens with one attached hydrogen (secondary N) is 1. The third kappa shape index (κ3) is 3.17. The number of nitrogens with zero attached hydrogens (tertiary/aromatic N) is 1. The average Bonchev–Trinajstić information content (AvgIpc) is 2.48. The number of amides is 1. The topological polar surface area (TPSA) is 86.5 Å². The van der Waals surface area contributed by atoms with Crippen LogP contribution in [0, 0.1) is 0 Å². The van der Waals surface area contributed by atoms with Gasteiger partial charge in [-0.15, -0.1) is 0 Å². The fourth-order valence-electron chi connectivity index (χ4n) is 1.61. The van der Waals surface area contributed by atoms with Gasteiger partial charge < -0.3 is 20.5 Å². The summed E-state index contributed by atoms with van der Waals surface area (Å²) < 4.78 is 10.2. The Labute approximate surface area is 116 Å². The highest BCUT2D eigenvalue weighted by molar-refractivity contribution is 6.04. The SMILES string of the molecule is COc1cc(OC)cc(C(=O)Nc2ccc(N)cn2)c1. The molecular formula is C14H15N3O3. The first-order valence-electron chi connectivity index (χ1n) is 5.88.